The Balaban J connectivity index is 2.68. The van der Waals surface area contributed by atoms with E-state index in [0.29, 0.717) is 16.3 Å². The van der Waals surface area contributed by atoms with Crippen LogP contribution in [0.5, 0.6) is 0 Å². The lowest BCUT2D eigenvalue weighted by molar-refractivity contribution is -0.136. The quantitative estimate of drug-likeness (QED) is 0.822. The van der Waals surface area contributed by atoms with Crippen LogP contribution < -0.4 is 5.32 Å². The van der Waals surface area contributed by atoms with E-state index in [1.54, 1.807) is 18.2 Å². The third kappa shape index (κ3) is 3.49. The van der Waals surface area contributed by atoms with Crippen LogP contribution in [0.4, 0.5) is 5.69 Å². The van der Waals surface area contributed by atoms with Gasteiger partial charge < -0.3 is 10.4 Å². The van der Waals surface area contributed by atoms with Crippen LogP contribution in [0, 0.1) is 11.3 Å². The molecule has 2 N–H and O–H groups in total. The molecule has 0 aliphatic carbocycles. The molecule has 0 fully saturated rings. The highest BCUT2D eigenvalue weighted by Crippen LogP contribution is 2.22. The lowest BCUT2D eigenvalue weighted by Gasteiger charge is -2.06. The number of hydrogen-bond acceptors (Lipinski definition) is 3. The summed E-state index contributed by atoms with van der Waals surface area (Å²) in [5.41, 5.74) is 1.06. The van der Waals surface area contributed by atoms with Crippen molar-refractivity contribution in [2.45, 2.75) is 6.42 Å². The Kier molecular flexibility index (Phi) is 3.95. The number of aliphatic carboxylic acids is 1. The third-order valence-corrected chi connectivity index (χ3v) is 2.08. The van der Waals surface area contributed by atoms with Gasteiger partial charge in [-0.2, -0.15) is 5.26 Å². The predicted octanol–water partition coefficient (Wildman–Crippen LogP) is 2.10. The monoisotopic (exact) mass is 224 g/mol. The van der Waals surface area contributed by atoms with Crippen LogP contribution in [0.25, 0.3) is 0 Å². The van der Waals surface area contributed by atoms with Crippen LogP contribution in [0.15, 0.2) is 18.2 Å². The first kappa shape index (κ1) is 11.3. The molecule has 0 atom stereocenters. The zero-order valence-electron chi connectivity index (χ0n) is 7.83. The van der Waals surface area contributed by atoms with Crippen molar-refractivity contribution in [3.05, 3.63) is 28.8 Å². The van der Waals surface area contributed by atoms with Crippen molar-refractivity contribution in [2.24, 2.45) is 0 Å². The molecule has 1 rings (SSSR count). The van der Waals surface area contributed by atoms with Crippen LogP contribution in [-0.2, 0) is 4.79 Å². The summed E-state index contributed by atoms with van der Waals surface area (Å²) in [5.74, 6) is -0.880. The summed E-state index contributed by atoms with van der Waals surface area (Å²) in [4.78, 5) is 10.3. The van der Waals surface area contributed by atoms with Gasteiger partial charge in [0.15, 0.2) is 0 Å². The third-order valence-electron chi connectivity index (χ3n) is 1.75. The molecule has 0 bridgehead atoms. The van der Waals surface area contributed by atoms with Gasteiger partial charge in [0.2, 0.25) is 0 Å². The summed E-state index contributed by atoms with van der Waals surface area (Å²) >= 11 is 5.85. The second-order valence-electron chi connectivity index (χ2n) is 2.88. The van der Waals surface area contributed by atoms with Crippen molar-refractivity contribution in [1.29, 1.82) is 5.26 Å². The van der Waals surface area contributed by atoms with Gasteiger partial charge in [0.05, 0.1) is 28.8 Å². The minimum atomic E-state index is -0.880. The maximum absolute atomic E-state index is 10.3. The van der Waals surface area contributed by atoms with Crippen LogP contribution in [0.3, 0.4) is 0 Å². The van der Waals surface area contributed by atoms with Gasteiger partial charge in [-0.1, -0.05) is 11.6 Å². The number of carboxylic acid groups (broad SMARTS) is 1. The Bertz CT molecular complexity index is 412. The molecule has 0 radical (unpaired) electrons. The molecule has 0 saturated carbocycles. The smallest absolute Gasteiger partial charge is 0.305 e. The summed E-state index contributed by atoms with van der Waals surface area (Å²) in [6, 6.07) is 6.77. The van der Waals surface area contributed by atoms with Crippen LogP contribution >= 0.6 is 11.6 Å². The number of benzene rings is 1. The highest BCUT2D eigenvalue weighted by Gasteiger charge is 2.02. The van der Waals surface area contributed by atoms with E-state index in [2.05, 4.69) is 5.32 Å². The lowest BCUT2D eigenvalue weighted by Crippen LogP contribution is -2.07. The molecule has 1 aromatic carbocycles. The van der Waals surface area contributed by atoms with Crippen molar-refractivity contribution in [2.75, 3.05) is 11.9 Å². The minimum absolute atomic E-state index is 0.00705. The van der Waals surface area contributed by atoms with E-state index < -0.39 is 5.97 Å². The van der Waals surface area contributed by atoms with Gasteiger partial charge in [0.25, 0.3) is 0 Å². The van der Waals surface area contributed by atoms with Crippen LogP contribution in [0.1, 0.15) is 12.0 Å². The first-order valence-electron chi connectivity index (χ1n) is 4.29. The Morgan fingerprint density at radius 1 is 1.60 bits per heavy atom. The van der Waals surface area contributed by atoms with Gasteiger partial charge in [-0.05, 0) is 18.2 Å². The van der Waals surface area contributed by atoms with E-state index in [4.69, 9.17) is 22.0 Å². The van der Waals surface area contributed by atoms with Gasteiger partial charge in [-0.3, -0.25) is 4.79 Å². The molecule has 0 amide bonds. The lowest BCUT2D eigenvalue weighted by atomic mass is 10.2. The number of nitrogens with zero attached hydrogens (tertiary/aromatic N) is 1. The largest absolute Gasteiger partial charge is 0.481 e. The molecule has 0 unspecified atom stereocenters. The van der Waals surface area contributed by atoms with Crippen molar-refractivity contribution < 1.29 is 9.90 Å². The zero-order chi connectivity index (χ0) is 11.3. The first-order chi connectivity index (χ1) is 7.13. The average Bonchev–Trinajstić information content (AvgIpc) is 2.20. The fraction of sp³-hybridized carbons (Fsp3) is 0.200. The van der Waals surface area contributed by atoms with Crippen LogP contribution in [-0.4, -0.2) is 17.6 Å². The van der Waals surface area contributed by atoms with E-state index in [0.717, 1.165) is 0 Å². The number of rotatable bonds is 4. The second kappa shape index (κ2) is 5.23. The fourth-order valence-electron chi connectivity index (χ4n) is 1.03. The summed E-state index contributed by atoms with van der Waals surface area (Å²) < 4.78 is 0. The van der Waals surface area contributed by atoms with E-state index in [-0.39, 0.29) is 13.0 Å². The second-order valence-corrected chi connectivity index (χ2v) is 3.28. The molecule has 0 saturated heterocycles. The summed E-state index contributed by atoms with van der Waals surface area (Å²) in [5, 5.41) is 20.4. The standard InChI is InChI=1S/C10H9ClN2O2/c11-8-2-1-7(6-12)5-9(8)13-4-3-10(14)15/h1-2,5,13H,3-4H2,(H,14,15). The van der Waals surface area contributed by atoms with Crippen molar-refractivity contribution >= 4 is 23.3 Å². The number of nitriles is 1. The zero-order valence-corrected chi connectivity index (χ0v) is 8.58. The van der Waals surface area contributed by atoms with E-state index in [9.17, 15) is 4.79 Å². The number of hydrogen-bond donors (Lipinski definition) is 2. The Labute approximate surface area is 92.1 Å². The molecule has 5 heteroatoms. The van der Waals surface area contributed by atoms with Crippen LogP contribution in [0.2, 0.25) is 5.02 Å². The van der Waals surface area contributed by atoms with Gasteiger partial charge in [0, 0.05) is 6.54 Å². The van der Waals surface area contributed by atoms with Crippen molar-refractivity contribution in [1.82, 2.24) is 0 Å². The average molecular weight is 225 g/mol. The van der Waals surface area contributed by atoms with Gasteiger partial charge in [-0.25, -0.2) is 0 Å². The number of halogens is 1. The number of carboxylic acids is 1. The van der Waals surface area contributed by atoms with Gasteiger partial charge >= 0.3 is 5.97 Å². The molecule has 0 aliphatic heterocycles. The van der Waals surface area contributed by atoms with E-state index in [1.807, 2.05) is 6.07 Å². The van der Waals surface area contributed by atoms with Crippen molar-refractivity contribution in [3.63, 3.8) is 0 Å². The molecular formula is C10H9ClN2O2. The van der Waals surface area contributed by atoms with Crippen molar-refractivity contribution in [3.8, 4) is 6.07 Å². The number of carbonyl (C=O) groups is 1. The molecule has 0 heterocycles. The molecular weight excluding hydrogens is 216 g/mol. The summed E-state index contributed by atoms with van der Waals surface area (Å²) in [6.45, 7) is 0.282. The fourth-order valence-corrected chi connectivity index (χ4v) is 1.22. The van der Waals surface area contributed by atoms with E-state index in [1.165, 1.54) is 0 Å². The first-order valence-corrected chi connectivity index (χ1v) is 4.66. The molecule has 1 aromatic rings. The van der Waals surface area contributed by atoms with E-state index >= 15 is 0 Å². The molecule has 0 aliphatic rings. The Morgan fingerprint density at radius 2 is 2.33 bits per heavy atom. The SMILES string of the molecule is N#Cc1ccc(Cl)c(NCCC(=O)O)c1. The summed E-state index contributed by atoms with van der Waals surface area (Å²) in [7, 11) is 0. The molecule has 0 aromatic heterocycles. The number of anilines is 1. The molecule has 78 valence electrons. The topological polar surface area (TPSA) is 73.1 Å². The Hall–Kier alpha value is -1.73. The molecule has 0 spiro atoms. The molecule has 15 heavy (non-hydrogen) atoms. The number of nitrogens with one attached hydrogen (secondary N) is 1. The van der Waals surface area contributed by atoms with Gasteiger partial charge in [-0.15, -0.1) is 0 Å². The summed E-state index contributed by atoms with van der Waals surface area (Å²) in [6.07, 6.45) is 0.00705. The van der Waals surface area contributed by atoms with Gasteiger partial charge in [0.1, 0.15) is 0 Å². The minimum Gasteiger partial charge on any atom is -0.481 e. The molecule has 4 nitrogen and oxygen atoms in total. The highest BCUT2D eigenvalue weighted by atomic mass is 35.5. The highest BCUT2D eigenvalue weighted by molar-refractivity contribution is 6.33. The maximum atomic E-state index is 10.3. The normalized spacial score (nSPS) is 9.33. The predicted molar refractivity (Wildman–Crippen MR) is 56.9 cm³/mol. The maximum Gasteiger partial charge on any atom is 0.305 e. The Morgan fingerprint density at radius 3 is 2.93 bits per heavy atom.